The van der Waals surface area contributed by atoms with Gasteiger partial charge in [0, 0.05) is 32.2 Å². The molecule has 0 spiro atoms. The first kappa shape index (κ1) is 11.6. The van der Waals surface area contributed by atoms with E-state index in [1.165, 1.54) is 16.7 Å². The van der Waals surface area contributed by atoms with Crippen LogP contribution in [0.15, 0.2) is 18.2 Å². The van der Waals surface area contributed by atoms with E-state index in [0.29, 0.717) is 12.6 Å². The lowest BCUT2D eigenvalue weighted by Gasteiger charge is -2.27. The van der Waals surface area contributed by atoms with E-state index >= 15 is 0 Å². The van der Waals surface area contributed by atoms with Crippen molar-refractivity contribution in [1.82, 2.24) is 10.6 Å². The van der Waals surface area contributed by atoms with Gasteiger partial charge in [-0.05, 0) is 30.0 Å². The van der Waals surface area contributed by atoms with Crippen LogP contribution in [0.2, 0.25) is 0 Å². The van der Waals surface area contributed by atoms with Gasteiger partial charge in [-0.2, -0.15) is 0 Å². The van der Waals surface area contributed by atoms with E-state index in [1.54, 1.807) is 0 Å². The van der Waals surface area contributed by atoms with Gasteiger partial charge in [0.25, 0.3) is 0 Å². The first-order valence-corrected chi connectivity index (χ1v) is 6.03. The fourth-order valence-electron chi connectivity index (χ4n) is 2.32. The summed E-state index contributed by atoms with van der Waals surface area (Å²) in [7, 11) is 0. The molecule has 0 bridgehead atoms. The van der Waals surface area contributed by atoms with Crippen molar-refractivity contribution >= 4 is 0 Å². The van der Waals surface area contributed by atoms with Crippen molar-refractivity contribution in [3.05, 3.63) is 34.9 Å². The first-order valence-electron chi connectivity index (χ1n) is 6.03. The van der Waals surface area contributed by atoms with E-state index in [1.807, 2.05) is 0 Å². The van der Waals surface area contributed by atoms with E-state index in [9.17, 15) is 0 Å². The summed E-state index contributed by atoms with van der Waals surface area (Å²) in [6.07, 6.45) is 1.12. The van der Waals surface area contributed by atoms with E-state index in [0.717, 1.165) is 26.1 Å². The van der Waals surface area contributed by atoms with E-state index in [2.05, 4.69) is 35.8 Å². The Morgan fingerprint density at radius 2 is 2.38 bits per heavy atom. The Balaban J connectivity index is 1.97. The highest BCUT2D eigenvalue weighted by molar-refractivity contribution is 5.36. The monoisotopic (exact) mass is 219 g/mol. The Labute approximate surface area is 97.4 Å². The van der Waals surface area contributed by atoms with Crippen LogP contribution < -0.4 is 16.4 Å². The fraction of sp³-hybridized carbons (Fsp3) is 0.538. The number of fused-ring (bicyclic) bond motifs is 1. The quantitative estimate of drug-likeness (QED) is 0.649. The van der Waals surface area contributed by atoms with Crippen molar-refractivity contribution in [3.63, 3.8) is 0 Å². The summed E-state index contributed by atoms with van der Waals surface area (Å²) < 4.78 is 0. The summed E-state index contributed by atoms with van der Waals surface area (Å²) >= 11 is 0. The third-order valence-electron chi connectivity index (χ3n) is 3.25. The normalized spacial score (nSPS) is 19.5. The number of aryl methyl sites for hydroxylation is 1. The molecule has 16 heavy (non-hydrogen) atoms. The minimum Gasteiger partial charge on any atom is -0.329 e. The average molecular weight is 219 g/mol. The molecule has 3 heteroatoms. The molecule has 0 unspecified atom stereocenters. The molecule has 0 amide bonds. The van der Waals surface area contributed by atoms with Crippen molar-refractivity contribution < 1.29 is 0 Å². The van der Waals surface area contributed by atoms with Gasteiger partial charge in [-0.1, -0.05) is 18.2 Å². The molecule has 1 heterocycles. The summed E-state index contributed by atoms with van der Waals surface area (Å²) in [5.74, 6) is 0. The summed E-state index contributed by atoms with van der Waals surface area (Å²) in [4.78, 5) is 0. The lowest BCUT2D eigenvalue weighted by atomic mass is 9.92. The summed E-state index contributed by atoms with van der Waals surface area (Å²) in [6, 6.07) is 7.11. The number of hydrogen-bond donors (Lipinski definition) is 3. The lowest BCUT2D eigenvalue weighted by Crippen LogP contribution is -2.44. The molecule has 1 aromatic rings. The van der Waals surface area contributed by atoms with Crippen LogP contribution in [0.4, 0.5) is 0 Å². The van der Waals surface area contributed by atoms with Crippen molar-refractivity contribution in [2.24, 2.45) is 5.73 Å². The molecule has 0 saturated heterocycles. The Kier molecular flexibility index (Phi) is 3.93. The second kappa shape index (κ2) is 5.43. The Bertz CT molecular complexity index is 349. The molecule has 4 N–H and O–H groups in total. The lowest BCUT2D eigenvalue weighted by molar-refractivity contribution is 0.449. The first-order chi connectivity index (χ1) is 7.81. The maximum absolute atomic E-state index is 5.46. The van der Waals surface area contributed by atoms with Crippen molar-refractivity contribution in [3.8, 4) is 0 Å². The van der Waals surface area contributed by atoms with Gasteiger partial charge in [-0.25, -0.2) is 0 Å². The highest BCUT2D eigenvalue weighted by atomic mass is 15.0. The van der Waals surface area contributed by atoms with Gasteiger partial charge in [0.05, 0.1) is 0 Å². The van der Waals surface area contributed by atoms with Crippen LogP contribution in [0.25, 0.3) is 0 Å². The van der Waals surface area contributed by atoms with Crippen molar-refractivity contribution in [2.75, 3.05) is 19.6 Å². The molecule has 1 aromatic carbocycles. The highest BCUT2D eigenvalue weighted by Crippen LogP contribution is 2.19. The van der Waals surface area contributed by atoms with E-state index < -0.39 is 0 Å². The minimum atomic E-state index is 0.542. The van der Waals surface area contributed by atoms with Crippen LogP contribution in [0.3, 0.4) is 0 Å². The molecule has 2 rings (SSSR count). The minimum absolute atomic E-state index is 0.542. The third kappa shape index (κ3) is 2.61. The molecule has 0 aromatic heterocycles. The Hall–Kier alpha value is -0.900. The second-order valence-corrected chi connectivity index (χ2v) is 4.49. The molecule has 88 valence electrons. The number of hydrogen-bond acceptors (Lipinski definition) is 3. The molecule has 0 fully saturated rings. The molecular weight excluding hydrogens is 198 g/mol. The van der Waals surface area contributed by atoms with Gasteiger partial charge in [0.2, 0.25) is 0 Å². The molecule has 3 nitrogen and oxygen atoms in total. The molecule has 1 atom stereocenters. The van der Waals surface area contributed by atoms with Crippen LogP contribution in [0, 0.1) is 6.92 Å². The maximum atomic E-state index is 5.46. The number of nitrogens with two attached hydrogens (primary N) is 1. The van der Waals surface area contributed by atoms with E-state index in [-0.39, 0.29) is 0 Å². The molecule has 0 aliphatic carbocycles. The molecule has 1 aliphatic rings. The van der Waals surface area contributed by atoms with Crippen LogP contribution in [0.5, 0.6) is 0 Å². The molecule has 0 radical (unpaired) electrons. The average Bonchev–Trinajstić information content (AvgIpc) is 2.30. The van der Waals surface area contributed by atoms with E-state index in [4.69, 9.17) is 5.73 Å². The van der Waals surface area contributed by atoms with Gasteiger partial charge < -0.3 is 16.4 Å². The van der Waals surface area contributed by atoms with Crippen LogP contribution >= 0.6 is 0 Å². The summed E-state index contributed by atoms with van der Waals surface area (Å²) in [5.41, 5.74) is 9.86. The predicted octanol–water partition coefficient (Wildman–Crippen LogP) is 0.558. The summed E-state index contributed by atoms with van der Waals surface area (Å²) in [6.45, 7) is 5.81. The highest BCUT2D eigenvalue weighted by Gasteiger charge is 2.18. The number of rotatable bonds is 4. The van der Waals surface area contributed by atoms with Crippen LogP contribution in [-0.4, -0.2) is 25.7 Å². The second-order valence-electron chi connectivity index (χ2n) is 4.49. The SMILES string of the molecule is Cc1cccc2c1C[C@H](CNCCN)NC2. The van der Waals surface area contributed by atoms with Gasteiger partial charge in [-0.15, -0.1) is 0 Å². The fourth-order valence-corrected chi connectivity index (χ4v) is 2.32. The van der Waals surface area contributed by atoms with Crippen molar-refractivity contribution in [1.29, 1.82) is 0 Å². The predicted molar refractivity (Wildman–Crippen MR) is 67.4 cm³/mol. The molecular formula is C13H21N3. The zero-order chi connectivity index (χ0) is 11.4. The number of nitrogens with one attached hydrogen (secondary N) is 2. The van der Waals surface area contributed by atoms with Crippen LogP contribution in [0.1, 0.15) is 16.7 Å². The number of benzene rings is 1. The van der Waals surface area contributed by atoms with Gasteiger partial charge >= 0.3 is 0 Å². The Morgan fingerprint density at radius 1 is 1.50 bits per heavy atom. The molecule has 1 aliphatic heterocycles. The zero-order valence-electron chi connectivity index (χ0n) is 9.92. The van der Waals surface area contributed by atoms with Crippen LogP contribution in [-0.2, 0) is 13.0 Å². The van der Waals surface area contributed by atoms with Gasteiger partial charge in [0.15, 0.2) is 0 Å². The van der Waals surface area contributed by atoms with Gasteiger partial charge in [-0.3, -0.25) is 0 Å². The van der Waals surface area contributed by atoms with Gasteiger partial charge in [0.1, 0.15) is 0 Å². The van der Waals surface area contributed by atoms with Crippen molar-refractivity contribution in [2.45, 2.75) is 25.9 Å². The molecule has 0 saturated carbocycles. The maximum Gasteiger partial charge on any atom is 0.0236 e. The third-order valence-corrected chi connectivity index (χ3v) is 3.25. The zero-order valence-corrected chi connectivity index (χ0v) is 9.92. The smallest absolute Gasteiger partial charge is 0.0236 e. The topological polar surface area (TPSA) is 50.1 Å². The largest absolute Gasteiger partial charge is 0.329 e. The standard InChI is InChI=1S/C13H21N3/c1-10-3-2-4-11-8-16-12(7-13(10)11)9-15-6-5-14/h2-4,12,15-16H,5-9,14H2,1H3/t12-/m1/s1. The summed E-state index contributed by atoms with van der Waals surface area (Å²) in [5, 5.41) is 6.93. The Morgan fingerprint density at radius 3 is 3.19 bits per heavy atom.